The zero-order chi connectivity index (χ0) is 20.4. The van der Waals surface area contributed by atoms with Crippen LogP contribution in [0.25, 0.3) is 5.69 Å². The van der Waals surface area contributed by atoms with E-state index in [0.717, 1.165) is 5.69 Å². The van der Waals surface area contributed by atoms with Crippen LogP contribution in [-0.2, 0) is 10.0 Å². The third-order valence-electron chi connectivity index (χ3n) is 4.78. The van der Waals surface area contributed by atoms with E-state index < -0.39 is 10.0 Å². The topological polar surface area (TPSA) is 84.3 Å². The summed E-state index contributed by atoms with van der Waals surface area (Å²) in [4.78, 5) is 14.5. The average molecular weight is 451 g/mol. The maximum atomic E-state index is 12.8. The quantitative estimate of drug-likeness (QED) is 0.647. The molecular formula is C19H19ClN4O3S2. The van der Waals surface area contributed by atoms with Crippen molar-refractivity contribution in [1.82, 2.24) is 19.4 Å². The molecule has 1 saturated heterocycles. The van der Waals surface area contributed by atoms with E-state index in [-0.39, 0.29) is 11.9 Å². The van der Waals surface area contributed by atoms with Crippen molar-refractivity contribution in [2.75, 3.05) is 13.1 Å². The van der Waals surface area contributed by atoms with Gasteiger partial charge in [0.25, 0.3) is 5.91 Å². The first-order chi connectivity index (χ1) is 13.9. The van der Waals surface area contributed by atoms with Gasteiger partial charge in [-0.2, -0.15) is 5.10 Å². The van der Waals surface area contributed by atoms with Crippen LogP contribution in [0.4, 0.5) is 0 Å². The van der Waals surface area contributed by atoms with Crippen molar-refractivity contribution < 1.29 is 13.2 Å². The molecule has 0 bridgehead atoms. The van der Waals surface area contributed by atoms with Gasteiger partial charge in [0.2, 0.25) is 10.0 Å². The van der Waals surface area contributed by atoms with Crippen LogP contribution in [0.3, 0.4) is 0 Å². The fourth-order valence-corrected chi connectivity index (χ4v) is 5.69. The molecule has 4 rings (SSSR count). The molecule has 0 saturated carbocycles. The van der Waals surface area contributed by atoms with Crippen molar-refractivity contribution in [2.45, 2.75) is 23.1 Å². The Labute approximate surface area is 178 Å². The number of piperidine rings is 1. The van der Waals surface area contributed by atoms with E-state index >= 15 is 0 Å². The number of amides is 1. The number of hydrogen-bond acceptors (Lipinski definition) is 5. The van der Waals surface area contributed by atoms with Crippen LogP contribution < -0.4 is 4.72 Å². The molecule has 10 heteroatoms. The van der Waals surface area contributed by atoms with Crippen LogP contribution in [-0.4, -0.2) is 48.1 Å². The maximum absolute atomic E-state index is 12.8. The van der Waals surface area contributed by atoms with Crippen LogP contribution in [0.1, 0.15) is 23.2 Å². The summed E-state index contributed by atoms with van der Waals surface area (Å²) >= 11 is 7.10. The van der Waals surface area contributed by atoms with E-state index in [4.69, 9.17) is 11.6 Å². The van der Waals surface area contributed by atoms with Crippen LogP contribution in [0.5, 0.6) is 0 Å². The number of nitrogens with zero attached hydrogens (tertiary/aromatic N) is 3. The molecule has 1 aromatic carbocycles. The molecule has 7 nitrogen and oxygen atoms in total. The zero-order valence-corrected chi connectivity index (χ0v) is 17.8. The summed E-state index contributed by atoms with van der Waals surface area (Å²) in [5, 5.41) is 6.63. The number of benzene rings is 1. The highest BCUT2D eigenvalue weighted by molar-refractivity contribution is 7.91. The van der Waals surface area contributed by atoms with Gasteiger partial charge in [0.1, 0.15) is 4.21 Å². The minimum absolute atomic E-state index is 0.107. The fraction of sp³-hybridized carbons (Fsp3) is 0.263. The van der Waals surface area contributed by atoms with Crippen molar-refractivity contribution in [1.29, 1.82) is 0 Å². The first-order valence-electron chi connectivity index (χ1n) is 9.08. The van der Waals surface area contributed by atoms with Crippen LogP contribution in [0.2, 0.25) is 5.02 Å². The molecular weight excluding hydrogens is 432 g/mol. The lowest BCUT2D eigenvalue weighted by Gasteiger charge is -2.31. The smallest absolute Gasteiger partial charge is 0.257 e. The lowest BCUT2D eigenvalue weighted by Crippen LogP contribution is -2.46. The summed E-state index contributed by atoms with van der Waals surface area (Å²) in [6, 6.07) is 10.3. The Hall–Kier alpha value is -2.20. The van der Waals surface area contributed by atoms with Gasteiger partial charge in [-0.1, -0.05) is 17.7 Å². The van der Waals surface area contributed by atoms with Crippen molar-refractivity contribution in [3.05, 3.63) is 64.8 Å². The average Bonchev–Trinajstić information content (AvgIpc) is 3.41. The molecule has 0 spiro atoms. The SMILES string of the molecule is O=C(c1cnn(-c2ccc(Cl)cc2)c1)N1CCC(NS(=O)(=O)c2cccs2)CC1. The van der Waals surface area contributed by atoms with Gasteiger partial charge in [-0.3, -0.25) is 4.79 Å². The maximum Gasteiger partial charge on any atom is 0.257 e. The molecule has 1 N–H and O–H groups in total. The number of thiophene rings is 1. The third kappa shape index (κ3) is 4.53. The monoisotopic (exact) mass is 450 g/mol. The molecule has 3 aromatic rings. The molecule has 0 atom stereocenters. The molecule has 0 unspecified atom stereocenters. The number of carbonyl (C=O) groups excluding carboxylic acids is 1. The van der Waals surface area contributed by atoms with Gasteiger partial charge in [0, 0.05) is 30.4 Å². The number of aromatic nitrogens is 2. The standard InChI is InChI=1S/C19H19ClN4O3S2/c20-15-3-5-17(6-4-15)24-13-14(12-21-24)19(25)23-9-7-16(8-10-23)22-29(26,27)18-2-1-11-28-18/h1-6,11-13,16,22H,7-10H2. The third-order valence-corrected chi connectivity index (χ3v) is 7.95. The van der Waals surface area contributed by atoms with Gasteiger partial charge < -0.3 is 4.90 Å². The Kier molecular flexibility index (Phi) is 5.73. The van der Waals surface area contributed by atoms with Gasteiger partial charge in [-0.15, -0.1) is 11.3 Å². The molecule has 152 valence electrons. The molecule has 1 aliphatic rings. The Morgan fingerprint density at radius 2 is 1.90 bits per heavy atom. The largest absolute Gasteiger partial charge is 0.338 e. The van der Waals surface area contributed by atoms with E-state index in [1.807, 2.05) is 12.1 Å². The highest BCUT2D eigenvalue weighted by atomic mass is 35.5. The molecule has 2 aromatic heterocycles. The number of nitrogens with one attached hydrogen (secondary N) is 1. The molecule has 0 radical (unpaired) electrons. The molecule has 0 aliphatic carbocycles. The molecule has 3 heterocycles. The summed E-state index contributed by atoms with van der Waals surface area (Å²) in [5.74, 6) is -0.107. The van der Waals surface area contributed by atoms with E-state index in [1.54, 1.807) is 51.6 Å². The minimum atomic E-state index is -3.49. The minimum Gasteiger partial charge on any atom is -0.338 e. The second-order valence-corrected chi connectivity index (χ2v) is 10.1. The summed E-state index contributed by atoms with van der Waals surface area (Å²) in [6.07, 6.45) is 4.38. The van der Waals surface area contributed by atoms with Crippen LogP contribution in [0.15, 0.2) is 58.4 Å². The lowest BCUT2D eigenvalue weighted by molar-refractivity contribution is 0.0711. The van der Waals surface area contributed by atoms with Crippen molar-refractivity contribution in [2.24, 2.45) is 0 Å². The predicted octanol–water partition coefficient (Wildman–Crippen LogP) is 3.17. The number of likely N-dealkylation sites (tertiary alicyclic amines) is 1. The Morgan fingerprint density at radius 3 is 2.55 bits per heavy atom. The number of halogens is 1. The van der Waals surface area contributed by atoms with Gasteiger partial charge in [0.15, 0.2) is 0 Å². The van der Waals surface area contributed by atoms with Gasteiger partial charge in [-0.25, -0.2) is 17.8 Å². The molecule has 1 aliphatic heterocycles. The van der Waals surface area contributed by atoms with Gasteiger partial charge in [-0.05, 0) is 48.6 Å². The van der Waals surface area contributed by atoms with Crippen LogP contribution >= 0.6 is 22.9 Å². The van der Waals surface area contributed by atoms with E-state index in [1.165, 1.54) is 11.3 Å². The highest BCUT2D eigenvalue weighted by Crippen LogP contribution is 2.20. The number of carbonyl (C=O) groups is 1. The van der Waals surface area contributed by atoms with Crippen molar-refractivity contribution in [3.8, 4) is 5.69 Å². The number of rotatable bonds is 5. The van der Waals surface area contributed by atoms with Crippen molar-refractivity contribution in [3.63, 3.8) is 0 Å². The predicted molar refractivity (Wildman–Crippen MR) is 112 cm³/mol. The fourth-order valence-electron chi connectivity index (χ4n) is 3.25. The normalized spacial score (nSPS) is 15.6. The summed E-state index contributed by atoms with van der Waals surface area (Å²) in [5.41, 5.74) is 1.31. The summed E-state index contributed by atoms with van der Waals surface area (Å²) in [7, 11) is -3.49. The number of sulfonamides is 1. The van der Waals surface area contributed by atoms with E-state index in [2.05, 4.69) is 9.82 Å². The van der Waals surface area contributed by atoms with Crippen LogP contribution in [0, 0.1) is 0 Å². The van der Waals surface area contributed by atoms with Gasteiger partial charge in [0.05, 0.1) is 17.4 Å². The first-order valence-corrected chi connectivity index (χ1v) is 11.8. The molecule has 1 fully saturated rings. The Balaban J connectivity index is 1.36. The molecule has 29 heavy (non-hydrogen) atoms. The zero-order valence-electron chi connectivity index (χ0n) is 15.4. The van der Waals surface area contributed by atoms with E-state index in [9.17, 15) is 13.2 Å². The lowest BCUT2D eigenvalue weighted by atomic mass is 10.1. The second kappa shape index (κ2) is 8.27. The van der Waals surface area contributed by atoms with Gasteiger partial charge >= 0.3 is 0 Å². The van der Waals surface area contributed by atoms with E-state index in [0.29, 0.717) is 40.7 Å². The highest BCUT2D eigenvalue weighted by Gasteiger charge is 2.28. The number of hydrogen-bond donors (Lipinski definition) is 1. The Bertz CT molecular complexity index is 1090. The summed E-state index contributed by atoms with van der Waals surface area (Å²) in [6.45, 7) is 0.977. The molecule has 1 amide bonds. The Morgan fingerprint density at radius 1 is 1.17 bits per heavy atom. The summed E-state index contributed by atoms with van der Waals surface area (Å²) < 4.78 is 29.4. The first kappa shape index (κ1) is 20.1. The second-order valence-electron chi connectivity index (χ2n) is 6.77. The van der Waals surface area contributed by atoms with Crippen molar-refractivity contribution >= 4 is 38.9 Å².